The number of nitrogens with one attached hydrogen (secondary N) is 1. The van der Waals surface area contributed by atoms with Crippen LogP contribution in [0.3, 0.4) is 0 Å². The molecule has 6 heteroatoms. The van der Waals surface area contributed by atoms with Crippen LogP contribution in [0.25, 0.3) is 6.08 Å². The van der Waals surface area contributed by atoms with Gasteiger partial charge in [0.25, 0.3) is 0 Å². The van der Waals surface area contributed by atoms with E-state index < -0.39 is 11.6 Å². The lowest BCUT2D eigenvalue weighted by Crippen LogP contribution is -2.30. The summed E-state index contributed by atoms with van der Waals surface area (Å²) in [5, 5.41) is 2.64. The number of hydrogen-bond acceptors (Lipinski definition) is 5. The van der Waals surface area contributed by atoms with Gasteiger partial charge >= 0.3 is 5.97 Å². The Morgan fingerprint density at radius 1 is 1.06 bits per heavy atom. The smallest absolute Gasteiger partial charge is 0.331 e. The largest absolute Gasteiger partial charge is 0.497 e. The van der Waals surface area contributed by atoms with Gasteiger partial charge in [0.05, 0.1) is 20.1 Å². The molecule has 1 N–H and O–H groups in total. The molecule has 0 atom stereocenters. The topological polar surface area (TPSA) is 81.7 Å². The van der Waals surface area contributed by atoms with Crippen LogP contribution in [0.4, 0.5) is 0 Å². The molecule has 0 fully saturated rings. The molecular formula is C25H29NO5. The van der Waals surface area contributed by atoms with Crippen molar-refractivity contribution < 1.29 is 23.9 Å². The summed E-state index contributed by atoms with van der Waals surface area (Å²) >= 11 is 0. The molecule has 0 aliphatic rings. The van der Waals surface area contributed by atoms with Gasteiger partial charge in [-0.3, -0.25) is 9.59 Å². The van der Waals surface area contributed by atoms with Crippen LogP contribution in [-0.2, 0) is 20.7 Å². The third kappa shape index (κ3) is 8.09. The maximum atomic E-state index is 12.2. The lowest BCUT2D eigenvalue weighted by molar-refractivity contribution is -0.150. The predicted molar refractivity (Wildman–Crippen MR) is 120 cm³/mol. The second-order valence-electron chi connectivity index (χ2n) is 7.72. The minimum absolute atomic E-state index is 0.0803. The highest BCUT2D eigenvalue weighted by molar-refractivity contribution is 5.99. The molecule has 2 rings (SSSR count). The summed E-state index contributed by atoms with van der Waals surface area (Å²) in [6.07, 6.45) is 3.95. The summed E-state index contributed by atoms with van der Waals surface area (Å²) in [6, 6.07) is 14.1. The van der Waals surface area contributed by atoms with Crippen LogP contribution in [0.5, 0.6) is 5.75 Å². The molecule has 0 saturated carbocycles. The van der Waals surface area contributed by atoms with Gasteiger partial charge in [0.2, 0.25) is 5.91 Å². The fourth-order valence-electron chi connectivity index (χ4n) is 2.61. The number of amides is 1. The fourth-order valence-corrected chi connectivity index (χ4v) is 2.61. The number of ether oxygens (including phenoxy) is 2. The number of carbonyl (C=O) groups excluding carboxylic acids is 3. The lowest BCUT2D eigenvalue weighted by atomic mass is 10.1. The first-order chi connectivity index (χ1) is 14.7. The van der Waals surface area contributed by atoms with Gasteiger partial charge < -0.3 is 14.8 Å². The van der Waals surface area contributed by atoms with Crippen molar-refractivity contribution in [3.05, 3.63) is 71.3 Å². The quantitative estimate of drug-likeness (QED) is 0.355. The molecule has 0 radical (unpaired) electrons. The highest BCUT2D eigenvalue weighted by Gasteiger charge is 2.18. The second-order valence-corrected chi connectivity index (χ2v) is 7.72. The number of rotatable bonds is 10. The van der Waals surface area contributed by atoms with Crippen molar-refractivity contribution in [2.24, 2.45) is 0 Å². The lowest BCUT2D eigenvalue weighted by Gasteiger charge is -2.22. The standard InChI is InChI=1S/C25H29NO5/c1-5-25(2,3)31-24(29)14-13-18-9-11-19(12-10-18)15-23(28)26-17-22(27)20-7-6-8-21(16-20)30-4/h6-14,16H,5,15,17H2,1-4H3,(H,26,28)/b14-13+. The zero-order valence-corrected chi connectivity index (χ0v) is 18.4. The summed E-state index contributed by atoms with van der Waals surface area (Å²) in [7, 11) is 1.53. The molecule has 0 heterocycles. The van der Waals surface area contributed by atoms with Crippen molar-refractivity contribution >= 4 is 23.7 Å². The molecule has 0 aliphatic carbocycles. The maximum Gasteiger partial charge on any atom is 0.331 e. The van der Waals surface area contributed by atoms with Crippen LogP contribution in [0.2, 0.25) is 0 Å². The third-order valence-electron chi connectivity index (χ3n) is 4.82. The molecule has 2 aromatic rings. The third-order valence-corrected chi connectivity index (χ3v) is 4.82. The first-order valence-corrected chi connectivity index (χ1v) is 10.2. The molecule has 0 aromatic heterocycles. The van der Waals surface area contributed by atoms with E-state index in [-0.39, 0.29) is 24.7 Å². The van der Waals surface area contributed by atoms with Gasteiger partial charge in [-0.05, 0) is 49.6 Å². The fraction of sp³-hybridized carbons (Fsp3) is 0.320. The molecule has 1 amide bonds. The highest BCUT2D eigenvalue weighted by Crippen LogP contribution is 2.15. The van der Waals surface area contributed by atoms with Crippen molar-refractivity contribution in [3.63, 3.8) is 0 Å². The first-order valence-electron chi connectivity index (χ1n) is 10.2. The Balaban J connectivity index is 1.84. The predicted octanol–water partition coefficient (Wildman–Crippen LogP) is 3.98. The molecule has 31 heavy (non-hydrogen) atoms. The van der Waals surface area contributed by atoms with E-state index in [4.69, 9.17) is 9.47 Å². The van der Waals surface area contributed by atoms with E-state index >= 15 is 0 Å². The van der Waals surface area contributed by atoms with Gasteiger partial charge in [-0.1, -0.05) is 43.3 Å². The van der Waals surface area contributed by atoms with E-state index in [1.54, 1.807) is 30.3 Å². The van der Waals surface area contributed by atoms with E-state index in [1.165, 1.54) is 13.2 Å². The highest BCUT2D eigenvalue weighted by atomic mass is 16.6. The van der Waals surface area contributed by atoms with Gasteiger partial charge in [0, 0.05) is 11.6 Å². The number of carbonyl (C=O) groups is 3. The van der Waals surface area contributed by atoms with Gasteiger partial charge in [-0.2, -0.15) is 0 Å². The summed E-state index contributed by atoms with van der Waals surface area (Å²) in [4.78, 5) is 36.3. The van der Waals surface area contributed by atoms with E-state index in [1.807, 2.05) is 45.0 Å². The van der Waals surface area contributed by atoms with Gasteiger partial charge in [0.15, 0.2) is 5.78 Å². The van der Waals surface area contributed by atoms with E-state index in [9.17, 15) is 14.4 Å². The maximum absolute atomic E-state index is 12.2. The van der Waals surface area contributed by atoms with Crippen LogP contribution in [-0.4, -0.2) is 36.9 Å². The molecule has 6 nitrogen and oxygen atoms in total. The Kier molecular flexibility index (Phi) is 8.55. The SMILES string of the molecule is CCC(C)(C)OC(=O)/C=C/c1ccc(CC(=O)NCC(=O)c2cccc(OC)c2)cc1. The van der Waals surface area contributed by atoms with Crippen molar-refractivity contribution in [1.82, 2.24) is 5.32 Å². The minimum Gasteiger partial charge on any atom is -0.497 e. The second kappa shape index (κ2) is 11.1. The summed E-state index contributed by atoms with van der Waals surface area (Å²) < 4.78 is 10.5. The van der Waals surface area contributed by atoms with E-state index in [2.05, 4.69) is 5.32 Å². The molecule has 0 saturated heterocycles. The Bertz CT molecular complexity index is 945. The summed E-state index contributed by atoms with van der Waals surface area (Å²) in [5.74, 6) is -0.236. The summed E-state index contributed by atoms with van der Waals surface area (Å²) in [5.41, 5.74) is 1.62. The molecule has 2 aromatic carbocycles. The number of ketones is 1. The van der Waals surface area contributed by atoms with Crippen LogP contribution < -0.4 is 10.1 Å². The van der Waals surface area contributed by atoms with Crippen molar-refractivity contribution in [2.75, 3.05) is 13.7 Å². The molecule has 0 aliphatic heterocycles. The average Bonchev–Trinajstić information content (AvgIpc) is 2.76. The molecule has 0 spiro atoms. The normalized spacial score (nSPS) is 11.2. The zero-order chi connectivity index (χ0) is 22.9. The molecule has 0 unspecified atom stereocenters. The Morgan fingerprint density at radius 2 is 1.77 bits per heavy atom. The molecule has 0 bridgehead atoms. The Labute approximate surface area is 183 Å². The monoisotopic (exact) mass is 423 g/mol. The van der Waals surface area contributed by atoms with Crippen molar-refractivity contribution in [1.29, 1.82) is 0 Å². The van der Waals surface area contributed by atoms with Gasteiger partial charge in [0.1, 0.15) is 11.4 Å². The van der Waals surface area contributed by atoms with E-state index in [0.717, 1.165) is 17.5 Å². The Morgan fingerprint density at radius 3 is 2.42 bits per heavy atom. The van der Waals surface area contributed by atoms with Gasteiger partial charge in [-0.15, -0.1) is 0 Å². The number of methoxy groups -OCH3 is 1. The number of Topliss-reactive ketones (excluding diaryl/α,β-unsaturated/α-hetero) is 1. The number of benzene rings is 2. The number of hydrogen-bond donors (Lipinski definition) is 1. The summed E-state index contributed by atoms with van der Waals surface area (Å²) in [6.45, 7) is 5.61. The minimum atomic E-state index is -0.493. The average molecular weight is 424 g/mol. The number of esters is 1. The molecule has 164 valence electrons. The first kappa shape index (κ1) is 23.9. The van der Waals surface area contributed by atoms with Crippen LogP contribution >= 0.6 is 0 Å². The zero-order valence-electron chi connectivity index (χ0n) is 18.4. The van der Waals surface area contributed by atoms with Crippen LogP contribution in [0.1, 0.15) is 48.7 Å². The van der Waals surface area contributed by atoms with Gasteiger partial charge in [-0.25, -0.2) is 4.79 Å². The molecular weight excluding hydrogens is 394 g/mol. The van der Waals surface area contributed by atoms with Crippen molar-refractivity contribution in [2.45, 2.75) is 39.2 Å². The van der Waals surface area contributed by atoms with E-state index in [0.29, 0.717) is 11.3 Å². The Hall–Kier alpha value is -3.41. The van der Waals surface area contributed by atoms with Crippen LogP contribution in [0, 0.1) is 0 Å². The van der Waals surface area contributed by atoms with Crippen molar-refractivity contribution in [3.8, 4) is 5.75 Å². The van der Waals surface area contributed by atoms with Crippen LogP contribution in [0.15, 0.2) is 54.6 Å².